The summed E-state index contributed by atoms with van der Waals surface area (Å²) in [4.78, 5) is 15.2. The van der Waals surface area contributed by atoms with E-state index in [9.17, 15) is 4.79 Å². The molecule has 4 nitrogen and oxygen atoms in total. The van der Waals surface area contributed by atoms with Crippen molar-refractivity contribution in [1.82, 2.24) is 10.1 Å². The molecule has 1 atom stereocenters. The summed E-state index contributed by atoms with van der Waals surface area (Å²) in [5.41, 5.74) is 0.889. The van der Waals surface area contributed by atoms with Crippen LogP contribution in [0.15, 0.2) is 34.9 Å². The first kappa shape index (κ1) is 15.9. The van der Waals surface area contributed by atoms with Crippen LogP contribution in [-0.4, -0.2) is 15.3 Å². The Balaban J connectivity index is 0.00000162. The molecule has 88 valence electrons. The quantitative estimate of drug-likeness (QED) is 0.533. The van der Waals surface area contributed by atoms with Crippen LogP contribution in [0, 0.1) is 5.92 Å². The average molecular weight is 286 g/mol. The molecule has 6 heteroatoms. The molecule has 1 aromatic carbocycles. The number of aromatic nitrogens is 2. The van der Waals surface area contributed by atoms with Gasteiger partial charge < -0.3 is 21.9 Å². The minimum Gasteiger partial charge on any atom is -0.742 e. The van der Waals surface area contributed by atoms with Crippen molar-refractivity contribution in [2.24, 2.45) is 5.92 Å². The van der Waals surface area contributed by atoms with E-state index < -0.39 is 0 Å². The Morgan fingerprint density at radius 2 is 2.06 bits per heavy atom. The van der Waals surface area contributed by atoms with Gasteiger partial charge in [0.2, 0.25) is 11.7 Å². The molecule has 0 saturated carbocycles. The number of carbonyl (C=O) groups excluding carboxylic acids is 1. The first-order valence-corrected chi connectivity index (χ1v) is 5.66. The molecular formula is C12H11KN2O2S. The van der Waals surface area contributed by atoms with Crippen LogP contribution < -0.4 is 51.4 Å². The molecular weight excluding hydrogens is 275 g/mol. The summed E-state index contributed by atoms with van der Waals surface area (Å²) in [5.74, 6) is 0.702. The van der Waals surface area contributed by atoms with Crippen molar-refractivity contribution in [2.45, 2.75) is 13.3 Å². The molecule has 0 saturated heterocycles. The molecule has 1 unspecified atom stereocenters. The van der Waals surface area contributed by atoms with E-state index in [1.165, 1.54) is 0 Å². The normalized spacial score (nSPS) is 11.6. The van der Waals surface area contributed by atoms with Crippen molar-refractivity contribution in [1.29, 1.82) is 0 Å². The van der Waals surface area contributed by atoms with Crippen LogP contribution in [0.25, 0.3) is 11.4 Å². The molecule has 0 aliphatic carbocycles. The Bertz CT molecular complexity index is 516. The van der Waals surface area contributed by atoms with Gasteiger partial charge >= 0.3 is 51.4 Å². The van der Waals surface area contributed by atoms with E-state index in [1.807, 2.05) is 30.3 Å². The Hall–Kier alpha value is -0.114. The summed E-state index contributed by atoms with van der Waals surface area (Å²) < 4.78 is 5.08. The van der Waals surface area contributed by atoms with Gasteiger partial charge in [0.15, 0.2) is 0 Å². The smallest absolute Gasteiger partial charge is 0.742 e. The van der Waals surface area contributed by atoms with Crippen molar-refractivity contribution in [3.8, 4) is 11.4 Å². The first-order chi connectivity index (χ1) is 8.16. The number of carbonyl (C=O) groups is 1. The molecule has 2 aromatic rings. The van der Waals surface area contributed by atoms with E-state index in [0.717, 1.165) is 5.56 Å². The van der Waals surface area contributed by atoms with Gasteiger partial charge in [-0.25, -0.2) is 0 Å². The van der Waals surface area contributed by atoms with Crippen LogP contribution in [0.4, 0.5) is 0 Å². The van der Waals surface area contributed by atoms with Crippen molar-refractivity contribution in [3.05, 3.63) is 36.2 Å². The van der Waals surface area contributed by atoms with E-state index in [0.29, 0.717) is 18.1 Å². The maximum Gasteiger partial charge on any atom is 1.00 e. The molecule has 0 radical (unpaired) electrons. The summed E-state index contributed by atoms with van der Waals surface area (Å²) in [6.07, 6.45) is 0.391. The number of nitrogens with zero attached hydrogens (tertiary/aromatic N) is 2. The van der Waals surface area contributed by atoms with Crippen LogP contribution >= 0.6 is 0 Å². The molecule has 18 heavy (non-hydrogen) atoms. The zero-order valence-corrected chi connectivity index (χ0v) is 14.2. The standard InChI is InChI=1S/C12H12N2O2S.K/c1-8(12(15)17)7-10-13-11(14-16-10)9-5-3-2-4-6-9;/h2-6,8H,7H2,1H3,(H,15,17);/q;+1/p-1. The largest absolute Gasteiger partial charge is 1.00 e. The molecule has 0 aliphatic rings. The molecule has 0 fully saturated rings. The number of hydrogen-bond donors (Lipinski definition) is 0. The SMILES string of the molecule is CC(Cc1nc(-c2ccccc2)no1)C(=O)[S-].[K+]. The fourth-order valence-electron chi connectivity index (χ4n) is 1.39. The maximum absolute atomic E-state index is 10.9. The van der Waals surface area contributed by atoms with Crippen molar-refractivity contribution >= 4 is 17.7 Å². The third-order valence-electron chi connectivity index (χ3n) is 2.38. The van der Waals surface area contributed by atoms with E-state index in [1.54, 1.807) is 6.92 Å². The van der Waals surface area contributed by atoms with Gasteiger partial charge in [-0.2, -0.15) is 4.98 Å². The second kappa shape index (κ2) is 7.47. The second-order valence-electron chi connectivity index (χ2n) is 3.80. The summed E-state index contributed by atoms with van der Waals surface area (Å²) in [7, 11) is 0. The van der Waals surface area contributed by atoms with Gasteiger partial charge in [-0.15, -0.1) is 0 Å². The number of rotatable bonds is 4. The van der Waals surface area contributed by atoms with Gasteiger partial charge in [-0.3, -0.25) is 0 Å². The van der Waals surface area contributed by atoms with Crippen LogP contribution in [0.2, 0.25) is 0 Å². The van der Waals surface area contributed by atoms with Gasteiger partial charge in [-0.05, 0) is 0 Å². The second-order valence-corrected chi connectivity index (χ2v) is 4.20. The van der Waals surface area contributed by atoms with E-state index in [4.69, 9.17) is 4.52 Å². The van der Waals surface area contributed by atoms with E-state index >= 15 is 0 Å². The average Bonchev–Trinajstić information content (AvgIpc) is 2.78. The molecule has 0 bridgehead atoms. The fraction of sp³-hybridized carbons (Fsp3) is 0.250. The molecule has 0 aliphatic heterocycles. The summed E-state index contributed by atoms with van der Waals surface area (Å²) in [5, 5.41) is 3.58. The number of benzene rings is 1. The molecule has 0 spiro atoms. The van der Waals surface area contributed by atoms with Crippen LogP contribution in [0.3, 0.4) is 0 Å². The predicted octanol–water partition coefficient (Wildman–Crippen LogP) is -1.01. The van der Waals surface area contributed by atoms with E-state index in [2.05, 4.69) is 22.8 Å². The van der Waals surface area contributed by atoms with Crippen LogP contribution in [0.1, 0.15) is 12.8 Å². The van der Waals surface area contributed by atoms with E-state index in [-0.39, 0.29) is 62.4 Å². The third-order valence-corrected chi connectivity index (χ3v) is 2.79. The molecule has 0 N–H and O–H groups in total. The Labute approximate surface area is 153 Å². The van der Waals surface area contributed by atoms with Gasteiger partial charge in [0.05, 0.1) is 0 Å². The monoisotopic (exact) mass is 286 g/mol. The van der Waals surface area contributed by atoms with Crippen LogP contribution in [0.5, 0.6) is 0 Å². The Morgan fingerprint density at radius 1 is 1.39 bits per heavy atom. The van der Waals surface area contributed by atoms with Crippen LogP contribution in [-0.2, 0) is 23.8 Å². The number of hydrogen-bond acceptors (Lipinski definition) is 5. The minimum atomic E-state index is -0.288. The zero-order chi connectivity index (χ0) is 12.3. The molecule has 0 amide bonds. The fourth-order valence-corrected chi connectivity index (χ4v) is 1.47. The zero-order valence-electron chi connectivity index (χ0n) is 10.3. The molecule has 2 rings (SSSR count). The van der Waals surface area contributed by atoms with Crippen molar-refractivity contribution < 1.29 is 60.7 Å². The first-order valence-electron chi connectivity index (χ1n) is 5.25. The van der Waals surface area contributed by atoms with Gasteiger partial charge in [0.25, 0.3) is 0 Å². The van der Waals surface area contributed by atoms with Crippen molar-refractivity contribution in [2.75, 3.05) is 0 Å². The topological polar surface area (TPSA) is 56.0 Å². The Kier molecular flexibility index (Phi) is 6.62. The van der Waals surface area contributed by atoms with Gasteiger partial charge in [0, 0.05) is 23.0 Å². The van der Waals surface area contributed by atoms with Gasteiger partial charge in [-0.1, -0.05) is 42.4 Å². The minimum absolute atomic E-state index is 0. The molecule has 1 heterocycles. The summed E-state index contributed by atoms with van der Waals surface area (Å²) >= 11 is 4.57. The Morgan fingerprint density at radius 3 is 2.67 bits per heavy atom. The summed E-state index contributed by atoms with van der Waals surface area (Å²) in [6, 6.07) is 9.52. The molecule has 1 aromatic heterocycles. The summed E-state index contributed by atoms with van der Waals surface area (Å²) in [6.45, 7) is 1.75. The predicted molar refractivity (Wildman–Crippen MR) is 65.0 cm³/mol. The van der Waals surface area contributed by atoms with Crippen molar-refractivity contribution in [3.63, 3.8) is 0 Å². The maximum atomic E-state index is 10.9. The third kappa shape index (κ3) is 4.22. The van der Waals surface area contributed by atoms with Gasteiger partial charge in [0.1, 0.15) is 0 Å².